The van der Waals surface area contributed by atoms with Crippen LogP contribution in [-0.2, 0) is 20.9 Å². The van der Waals surface area contributed by atoms with Gasteiger partial charge in [-0.1, -0.05) is 30.3 Å². The molecule has 3 fully saturated rings. The van der Waals surface area contributed by atoms with E-state index in [9.17, 15) is 4.79 Å². The molecule has 1 aromatic rings. The molecule has 1 aliphatic carbocycles. The van der Waals surface area contributed by atoms with E-state index in [2.05, 4.69) is 29.2 Å². The second kappa shape index (κ2) is 8.10. The van der Waals surface area contributed by atoms with Crippen LogP contribution in [0.4, 0.5) is 0 Å². The molecule has 142 valence electrons. The number of nitrogens with zero attached hydrogens (tertiary/aromatic N) is 1. The molecule has 1 saturated carbocycles. The van der Waals surface area contributed by atoms with Crippen molar-refractivity contribution in [2.75, 3.05) is 26.3 Å². The van der Waals surface area contributed by atoms with Crippen LogP contribution >= 0.6 is 0 Å². The molecule has 2 aliphatic heterocycles. The Labute approximate surface area is 156 Å². The second-order valence-corrected chi connectivity index (χ2v) is 8.32. The molecule has 1 amide bonds. The van der Waals surface area contributed by atoms with E-state index in [-0.39, 0.29) is 5.60 Å². The van der Waals surface area contributed by atoms with Crippen LogP contribution < -0.4 is 0 Å². The van der Waals surface area contributed by atoms with Gasteiger partial charge in [-0.3, -0.25) is 4.79 Å². The minimum absolute atomic E-state index is 0.0165. The first kappa shape index (κ1) is 18.0. The van der Waals surface area contributed by atoms with Gasteiger partial charge in [-0.25, -0.2) is 0 Å². The Kier molecular flexibility index (Phi) is 5.60. The second-order valence-electron chi connectivity index (χ2n) is 8.32. The van der Waals surface area contributed by atoms with Crippen molar-refractivity contribution >= 4 is 5.91 Å². The van der Waals surface area contributed by atoms with Crippen LogP contribution in [0.5, 0.6) is 0 Å². The molecule has 2 saturated heterocycles. The fourth-order valence-corrected chi connectivity index (χ4v) is 4.46. The van der Waals surface area contributed by atoms with Crippen LogP contribution in [0, 0.1) is 11.8 Å². The summed E-state index contributed by atoms with van der Waals surface area (Å²) in [5, 5.41) is 0. The zero-order chi connectivity index (χ0) is 17.8. The molecular formula is C22H31NO3. The molecular weight excluding hydrogens is 326 g/mol. The standard InChI is InChI=1S/C22H31NO3/c24-21(20-6-7-20)23-12-10-22(11-13-23)16-18(9-15-26-22)8-14-25-17-19-4-2-1-3-5-19/h1-5,18,20H,6-17H2. The number of hydrogen-bond donors (Lipinski definition) is 0. The average molecular weight is 357 g/mol. The normalized spacial score (nSPS) is 25.4. The van der Waals surface area contributed by atoms with Crippen LogP contribution in [0.15, 0.2) is 30.3 Å². The molecule has 0 aromatic heterocycles. The molecule has 0 radical (unpaired) electrons. The van der Waals surface area contributed by atoms with Gasteiger partial charge < -0.3 is 14.4 Å². The lowest BCUT2D eigenvalue weighted by atomic mass is 9.78. The van der Waals surface area contributed by atoms with E-state index in [1.165, 1.54) is 5.56 Å². The van der Waals surface area contributed by atoms with Crippen LogP contribution in [0.1, 0.15) is 50.5 Å². The summed E-state index contributed by atoms with van der Waals surface area (Å²) < 4.78 is 12.1. The van der Waals surface area contributed by atoms with Crippen molar-refractivity contribution in [2.24, 2.45) is 11.8 Å². The first-order chi connectivity index (χ1) is 12.7. The molecule has 1 spiro atoms. The van der Waals surface area contributed by atoms with E-state index < -0.39 is 0 Å². The van der Waals surface area contributed by atoms with Crippen LogP contribution in [0.2, 0.25) is 0 Å². The van der Waals surface area contributed by atoms with Crippen molar-refractivity contribution in [3.05, 3.63) is 35.9 Å². The molecule has 2 heterocycles. The molecule has 3 aliphatic rings. The summed E-state index contributed by atoms with van der Waals surface area (Å²) in [7, 11) is 0. The third kappa shape index (κ3) is 4.47. The molecule has 4 nitrogen and oxygen atoms in total. The fourth-order valence-electron chi connectivity index (χ4n) is 4.46. The monoisotopic (exact) mass is 357 g/mol. The van der Waals surface area contributed by atoms with Crippen molar-refractivity contribution in [1.29, 1.82) is 0 Å². The Balaban J connectivity index is 1.20. The maximum atomic E-state index is 12.3. The number of rotatable bonds is 6. The highest BCUT2D eigenvalue weighted by atomic mass is 16.5. The van der Waals surface area contributed by atoms with E-state index in [4.69, 9.17) is 9.47 Å². The number of carbonyl (C=O) groups is 1. The number of likely N-dealkylation sites (tertiary alicyclic amines) is 1. The molecule has 26 heavy (non-hydrogen) atoms. The Hall–Kier alpha value is -1.39. The van der Waals surface area contributed by atoms with E-state index in [0.717, 1.165) is 71.2 Å². The Morgan fingerprint density at radius 3 is 2.65 bits per heavy atom. The third-order valence-corrected chi connectivity index (χ3v) is 6.29. The van der Waals surface area contributed by atoms with Crippen LogP contribution in [0.3, 0.4) is 0 Å². The van der Waals surface area contributed by atoms with Crippen LogP contribution in [0.25, 0.3) is 0 Å². The van der Waals surface area contributed by atoms with Crippen molar-refractivity contribution in [3.8, 4) is 0 Å². The smallest absolute Gasteiger partial charge is 0.225 e. The van der Waals surface area contributed by atoms with Gasteiger partial charge in [-0.2, -0.15) is 0 Å². The quantitative estimate of drug-likeness (QED) is 0.727. The summed E-state index contributed by atoms with van der Waals surface area (Å²) >= 11 is 0. The number of amides is 1. The van der Waals surface area contributed by atoms with Gasteiger partial charge in [0.15, 0.2) is 0 Å². The summed E-state index contributed by atoms with van der Waals surface area (Å²) in [6.07, 6.45) is 7.60. The van der Waals surface area contributed by atoms with Gasteiger partial charge in [-0.05, 0) is 56.4 Å². The number of piperidine rings is 1. The van der Waals surface area contributed by atoms with Crippen molar-refractivity contribution in [1.82, 2.24) is 4.90 Å². The molecule has 0 bridgehead atoms. The Morgan fingerprint density at radius 1 is 1.15 bits per heavy atom. The van der Waals surface area contributed by atoms with E-state index in [1.54, 1.807) is 0 Å². The minimum atomic E-state index is 0.0165. The average Bonchev–Trinajstić information content (AvgIpc) is 3.52. The summed E-state index contributed by atoms with van der Waals surface area (Å²) in [4.78, 5) is 14.3. The maximum absolute atomic E-state index is 12.3. The fraction of sp³-hybridized carbons (Fsp3) is 0.682. The first-order valence-corrected chi connectivity index (χ1v) is 10.3. The lowest BCUT2D eigenvalue weighted by Gasteiger charge is -2.46. The SMILES string of the molecule is O=C(C1CC1)N1CCC2(CC1)CC(CCOCc1ccccc1)CCO2. The Bertz CT molecular complexity index is 591. The van der Waals surface area contributed by atoms with Gasteiger partial charge in [-0.15, -0.1) is 0 Å². The first-order valence-electron chi connectivity index (χ1n) is 10.3. The van der Waals surface area contributed by atoms with Crippen molar-refractivity contribution in [3.63, 3.8) is 0 Å². The molecule has 1 atom stereocenters. The molecule has 4 heteroatoms. The third-order valence-electron chi connectivity index (χ3n) is 6.29. The molecule has 1 aromatic carbocycles. The van der Waals surface area contributed by atoms with Gasteiger partial charge in [0.1, 0.15) is 0 Å². The van der Waals surface area contributed by atoms with Crippen molar-refractivity contribution in [2.45, 2.75) is 57.2 Å². The Morgan fingerprint density at radius 2 is 1.92 bits per heavy atom. The highest BCUT2D eigenvalue weighted by molar-refractivity contribution is 5.81. The van der Waals surface area contributed by atoms with E-state index in [1.807, 2.05) is 6.07 Å². The molecule has 0 N–H and O–H groups in total. The lowest BCUT2D eigenvalue weighted by Crippen LogP contribution is -2.51. The number of hydrogen-bond acceptors (Lipinski definition) is 3. The maximum Gasteiger partial charge on any atom is 0.225 e. The van der Waals surface area contributed by atoms with Gasteiger partial charge in [0.25, 0.3) is 0 Å². The largest absolute Gasteiger partial charge is 0.377 e. The molecule has 4 rings (SSSR count). The van der Waals surface area contributed by atoms with E-state index >= 15 is 0 Å². The summed E-state index contributed by atoms with van der Waals surface area (Å²) in [5.74, 6) is 1.41. The summed E-state index contributed by atoms with van der Waals surface area (Å²) in [6, 6.07) is 10.4. The van der Waals surface area contributed by atoms with Crippen molar-refractivity contribution < 1.29 is 14.3 Å². The zero-order valence-electron chi connectivity index (χ0n) is 15.7. The van der Waals surface area contributed by atoms with Crippen LogP contribution in [-0.4, -0.2) is 42.7 Å². The predicted octanol–water partition coefficient (Wildman–Crippen LogP) is 3.79. The molecule has 1 unspecified atom stereocenters. The summed E-state index contributed by atoms with van der Waals surface area (Å²) in [5.41, 5.74) is 1.26. The lowest BCUT2D eigenvalue weighted by molar-refractivity contribution is -0.149. The van der Waals surface area contributed by atoms with Gasteiger partial charge >= 0.3 is 0 Å². The van der Waals surface area contributed by atoms with Gasteiger partial charge in [0.05, 0.1) is 12.2 Å². The minimum Gasteiger partial charge on any atom is -0.377 e. The number of benzene rings is 1. The van der Waals surface area contributed by atoms with Gasteiger partial charge in [0, 0.05) is 32.2 Å². The zero-order valence-corrected chi connectivity index (χ0v) is 15.7. The topological polar surface area (TPSA) is 38.8 Å². The van der Waals surface area contributed by atoms with Gasteiger partial charge in [0.2, 0.25) is 5.91 Å². The predicted molar refractivity (Wildman–Crippen MR) is 101 cm³/mol. The number of ether oxygens (including phenoxy) is 2. The highest BCUT2D eigenvalue weighted by Gasteiger charge is 2.43. The summed E-state index contributed by atoms with van der Waals surface area (Å²) in [6.45, 7) is 4.15. The number of carbonyl (C=O) groups excluding carboxylic acids is 1. The highest BCUT2D eigenvalue weighted by Crippen LogP contribution is 2.40. The van der Waals surface area contributed by atoms with E-state index in [0.29, 0.717) is 24.3 Å².